The smallest absolute Gasteiger partial charge is 0.330 e. The van der Waals surface area contributed by atoms with Gasteiger partial charge in [-0.1, -0.05) is 79.0 Å². The largest absolute Gasteiger partial charge is 0.508 e. The monoisotopic (exact) mass is 1840 g/mol. The van der Waals surface area contributed by atoms with Crippen LogP contribution in [-0.4, -0.2) is 239 Å². The van der Waals surface area contributed by atoms with Gasteiger partial charge in [0, 0.05) is 69.0 Å². The second-order valence-corrected chi connectivity index (χ2v) is 35.0. The zero-order valence-electron chi connectivity index (χ0n) is 68.6. The van der Waals surface area contributed by atoms with Crippen LogP contribution in [0.2, 0.25) is 15.1 Å². The van der Waals surface area contributed by atoms with E-state index in [9.17, 15) is 75.3 Å². The van der Waals surface area contributed by atoms with Gasteiger partial charge in [0.05, 0.1) is 47.4 Å². The summed E-state index contributed by atoms with van der Waals surface area (Å²) in [6.07, 6.45) is -24.7. The SMILES string of the molecule is CN[C@H](CC(C)C)C(=O)NC1C(=O)N[C@@H](CC(N)=O)C(=O)N[C@H]2C(=O)N[C@H]3C(=O)N[C@H](C(=O)NC(C(=O)O)c4cc(O)cc(O)c4-c4cc3ccc4O)C([C@H]3C[C@](C)(N)[C@@H](O)[C@H](C)O3)c3ccc(c(Cl)c3)Oc3cc2cc(c3O[C@@H]2O[C@H](CO)[C@@H](O[C@@H]3O[C@H](CNCc4ccc(-c5ccc(Cl)cc5)s4)[C@H](O)[C@H](O)[C@H]3NC(C)=O)[C@H](O)[C@H]2O)Oc2ccc(cc2Cl)[C@H]1O. The van der Waals surface area contributed by atoms with Crippen LogP contribution in [0.3, 0.4) is 0 Å². The number of carbonyl (C=O) groups is 9. The Bertz CT molecular complexity index is 5350. The summed E-state index contributed by atoms with van der Waals surface area (Å²) in [6, 6.07) is 8.96. The first-order valence-electron chi connectivity index (χ1n) is 40.3. The van der Waals surface area contributed by atoms with E-state index in [4.69, 9.17) is 79.4 Å². The van der Waals surface area contributed by atoms with Crippen molar-refractivity contribution in [1.29, 1.82) is 0 Å². The maximum Gasteiger partial charge on any atom is 0.330 e. The van der Waals surface area contributed by atoms with Crippen LogP contribution in [0, 0.1) is 5.92 Å². The number of nitrogens with two attached hydrogens (primary N) is 2. The maximum absolute atomic E-state index is 16.5. The van der Waals surface area contributed by atoms with Crippen LogP contribution in [0.15, 0.2) is 115 Å². The van der Waals surface area contributed by atoms with Crippen molar-refractivity contribution < 1.29 is 132 Å². The van der Waals surface area contributed by atoms with Gasteiger partial charge in [-0.15, -0.1) is 11.3 Å². The Morgan fingerprint density at radius 3 is 1.94 bits per heavy atom. The van der Waals surface area contributed by atoms with Gasteiger partial charge in [-0.05, 0) is 146 Å². The Balaban J connectivity index is 0.978. The summed E-state index contributed by atoms with van der Waals surface area (Å²) in [5, 5.41) is 153. The van der Waals surface area contributed by atoms with Gasteiger partial charge in [-0.2, -0.15) is 0 Å². The van der Waals surface area contributed by atoms with Crippen molar-refractivity contribution in [2.75, 3.05) is 20.2 Å². The van der Waals surface area contributed by atoms with E-state index < -0.39 is 284 Å². The van der Waals surface area contributed by atoms with Crippen LogP contribution >= 0.6 is 46.1 Å². The molecule has 23 atom stereocenters. The molecule has 8 amide bonds. The van der Waals surface area contributed by atoms with Gasteiger partial charge in [0.2, 0.25) is 59.3 Å². The van der Waals surface area contributed by atoms with Crippen molar-refractivity contribution in [3.63, 3.8) is 0 Å². The molecule has 24 N–H and O–H groups in total. The Kier molecular flexibility index (Phi) is 29.0. The number of aliphatic hydroxyl groups is 7. The minimum atomic E-state index is -2.42. The van der Waals surface area contributed by atoms with Gasteiger partial charge in [0.1, 0.15) is 114 Å². The number of phenols is 3. The Labute approximate surface area is 743 Å². The average molecular weight is 1840 g/mol. The molecule has 0 radical (unpaired) electrons. The van der Waals surface area contributed by atoms with E-state index >= 15 is 24.0 Å². The number of carboxylic acids is 1. The highest BCUT2D eigenvalue weighted by molar-refractivity contribution is 7.15. The van der Waals surface area contributed by atoms with E-state index in [2.05, 4.69) is 47.9 Å². The fourth-order valence-electron chi connectivity index (χ4n) is 16.4. The molecule has 3 saturated heterocycles. The summed E-state index contributed by atoms with van der Waals surface area (Å²) in [6.45, 7) is 6.61. The van der Waals surface area contributed by atoms with Crippen molar-refractivity contribution in [3.05, 3.63) is 163 Å². The maximum atomic E-state index is 16.5. The lowest BCUT2D eigenvalue weighted by molar-refractivity contribution is -0.335. The van der Waals surface area contributed by atoms with Crippen molar-refractivity contribution in [2.45, 2.75) is 200 Å². The third-order valence-corrected chi connectivity index (χ3v) is 24.8. The van der Waals surface area contributed by atoms with E-state index in [0.717, 1.165) is 76.8 Å². The molecule has 0 saturated carbocycles. The minimum Gasteiger partial charge on any atom is -0.508 e. The molecule has 1 aromatic heterocycles. The summed E-state index contributed by atoms with van der Waals surface area (Å²) in [4.78, 5) is 135. The van der Waals surface area contributed by atoms with Crippen molar-refractivity contribution in [3.8, 4) is 67.6 Å². The van der Waals surface area contributed by atoms with Crippen LogP contribution in [0.25, 0.3) is 21.6 Å². The molecule has 9 heterocycles. The third-order valence-electron chi connectivity index (χ3n) is 22.8. The Hall–Kier alpha value is -10.6. The highest BCUT2D eigenvalue weighted by Crippen LogP contribution is 2.51. The number of rotatable bonds is 20. The van der Waals surface area contributed by atoms with E-state index in [1.165, 1.54) is 56.5 Å². The molecule has 127 heavy (non-hydrogen) atoms. The quantitative estimate of drug-likeness (QED) is 0.0520. The van der Waals surface area contributed by atoms with E-state index in [0.29, 0.717) is 5.02 Å². The van der Waals surface area contributed by atoms with Gasteiger partial charge in [-0.3, -0.25) is 38.4 Å². The van der Waals surface area contributed by atoms with Crippen LogP contribution in [0.4, 0.5) is 0 Å². The highest BCUT2D eigenvalue weighted by Gasteiger charge is 2.54. The first-order chi connectivity index (χ1) is 60.2. The Morgan fingerprint density at radius 2 is 1.31 bits per heavy atom. The summed E-state index contributed by atoms with van der Waals surface area (Å²) < 4.78 is 45.6. The van der Waals surface area contributed by atoms with Crippen molar-refractivity contribution in [1.82, 2.24) is 47.9 Å². The molecule has 680 valence electrons. The van der Waals surface area contributed by atoms with Crippen molar-refractivity contribution >= 4 is 99.4 Å². The fourth-order valence-corrected chi connectivity index (χ4v) is 18.0. The van der Waals surface area contributed by atoms with Crippen molar-refractivity contribution in [2.24, 2.45) is 17.4 Å². The zero-order chi connectivity index (χ0) is 91.8. The summed E-state index contributed by atoms with van der Waals surface area (Å²) in [7, 11) is 1.46. The lowest BCUT2D eigenvalue weighted by Gasteiger charge is -2.47. The molecule has 42 heteroatoms. The number of phenolic OH excluding ortho intramolecular Hbond substituents is 3. The second kappa shape index (κ2) is 39.1. The number of fused-ring (bicyclic) bond motifs is 15. The number of carbonyl (C=O) groups excluding carboxylic acids is 8. The molecular formula is C85H96Cl3N11O27S. The number of primary amides is 1. The summed E-state index contributed by atoms with van der Waals surface area (Å²) >= 11 is 22.2. The standard InChI is InChI=1S/C85H96Cl3N11O27S/c1-32(2)19-47(91-6)76(112)99-66-68(106)38-11-17-52(46(88)22-38)122-54-24-39-23-53(73(54)125-84-72(110)71(109)74(57(31-100)124-84)126-83-67(93-34(4)101)70(108)69(107)56(123-83)30-92-29-42-14-18-58(127-42)35-7-12-40(86)13-8-35)121-51-16-10-36(21-45(51)87)60(55-28-85(5,90)75(111)33(3)120-55)65-80(116)97-64(82(118)119)44-25-41(102)26-50(104)61(44)43-20-37(9-15-49(43)103)62(78(114)98-65)96-79(115)63(39)95-77(113)48(27-59(89)105)94-81(66)117/h7-18,20-26,32-33,47-48,55-57,60,62-72,74-75,83-84,91-92,100,102-104,106-111H,19,27-31,90H2,1-6H3,(H2,89,105)(H,93,101)(H,94,117)(H,95,113)(H,96,115)(H,97,116)(H,98,114)(H,99,112)(H,118,119)/t33-,47+,48-,55+,56+,57+,60?,62+,63+,64?,65-,66?,67+,68+,69-,70+,71+,72+,74+,75-,83-,84-,85-/m0/s1. The van der Waals surface area contributed by atoms with E-state index in [1.807, 2.05) is 38.1 Å². The summed E-state index contributed by atoms with van der Waals surface area (Å²) in [5.41, 5.74) is 9.28. The number of amides is 8. The molecule has 3 fully saturated rings. The highest BCUT2D eigenvalue weighted by atomic mass is 35.5. The number of likely N-dealkylation sites (N-methyl/N-ethyl adjacent to an activating group) is 1. The fraction of sp³-hybridized carbons (Fsp3) is 0.424. The number of halogens is 3. The molecular weight excluding hydrogens is 1750 g/mol. The normalized spacial score (nSPS) is 29.4. The molecule has 8 aliphatic rings. The first-order valence-corrected chi connectivity index (χ1v) is 42.3. The van der Waals surface area contributed by atoms with Crippen LogP contribution in [-0.2, 0) is 68.6 Å². The van der Waals surface area contributed by atoms with Gasteiger partial charge >= 0.3 is 5.97 Å². The van der Waals surface area contributed by atoms with Gasteiger partial charge in [0.15, 0.2) is 23.8 Å². The number of aliphatic carboxylic acids is 1. The van der Waals surface area contributed by atoms with Gasteiger partial charge in [0.25, 0.3) is 0 Å². The average Bonchev–Trinajstić information content (AvgIpc) is 1.08. The van der Waals surface area contributed by atoms with E-state index in [-0.39, 0.29) is 48.5 Å². The number of nitrogens with one attached hydrogen (secondary N) is 9. The number of carboxylic acid groups (broad SMARTS) is 1. The molecule has 7 aromatic rings. The van der Waals surface area contributed by atoms with Gasteiger partial charge < -0.3 is 149 Å². The molecule has 3 unspecified atom stereocenters. The van der Waals surface area contributed by atoms with Crippen LogP contribution in [0.5, 0.6) is 46.0 Å². The molecule has 15 rings (SSSR count). The Morgan fingerprint density at radius 1 is 0.669 bits per heavy atom. The second-order valence-electron chi connectivity index (χ2n) is 32.6. The molecule has 0 spiro atoms. The molecule has 8 aliphatic heterocycles. The third kappa shape index (κ3) is 20.6. The number of benzene rings is 6. The number of hydrogen-bond donors (Lipinski definition) is 22. The van der Waals surface area contributed by atoms with Crippen LogP contribution in [0.1, 0.15) is 117 Å². The lowest BCUT2D eigenvalue weighted by atomic mass is 9.75. The predicted molar refractivity (Wildman–Crippen MR) is 452 cm³/mol. The number of aliphatic hydroxyl groups excluding tert-OH is 7. The molecule has 0 aliphatic carbocycles. The van der Waals surface area contributed by atoms with Gasteiger partial charge in [-0.25, -0.2) is 4.79 Å². The number of hydrogen-bond acceptors (Lipinski definition) is 30. The predicted octanol–water partition coefficient (Wildman–Crippen LogP) is 2.32. The molecule has 11 bridgehead atoms. The topological polar surface area (TPSA) is 601 Å². The van der Waals surface area contributed by atoms with Crippen LogP contribution < -0.4 is 73.5 Å². The number of thiophene rings is 1. The number of ether oxygens (including phenoxy) is 7. The van der Waals surface area contributed by atoms with E-state index in [1.54, 1.807) is 12.1 Å². The molecule has 38 nitrogen and oxygen atoms in total. The summed E-state index contributed by atoms with van der Waals surface area (Å²) in [5.74, 6) is -18.8. The number of aromatic hydroxyl groups is 3. The first kappa shape index (κ1) is 94.0. The zero-order valence-corrected chi connectivity index (χ0v) is 71.7. The lowest BCUT2D eigenvalue weighted by Crippen LogP contribution is -2.68. The minimum absolute atomic E-state index is 0.0391. The molecule has 6 aromatic carbocycles.